The Balaban J connectivity index is 2.15. The van der Waals surface area contributed by atoms with Gasteiger partial charge in [0.25, 0.3) is 5.56 Å². The first kappa shape index (κ1) is 14.8. The van der Waals surface area contributed by atoms with Crippen molar-refractivity contribution in [3.8, 4) is 5.69 Å². The van der Waals surface area contributed by atoms with Crippen LogP contribution in [0.4, 0.5) is 0 Å². The van der Waals surface area contributed by atoms with Crippen LogP contribution in [0.5, 0.6) is 0 Å². The van der Waals surface area contributed by atoms with E-state index in [9.17, 15) is 10.0 Å². The quantitative estimate of drug-likeness (QED) is 0.443. The van der Waals surface area contributed by atoms with Crippen LogP contribution in [0.25, 0.3) is 5.69 Å². The molecule has 116 valence electrons. The molecule has 0 atom stereocenters. The number of oxime groups is 1. The van der Waals surface area contributed by atoms with E-state index in [2.05, 4.69) is 10.3 Å². The second-order valence-corrected chi connectivity index (χ2v) is 5.40. The van der Waals surface area contributed by atoms with Crippen molar-refractivity contribution in [3.05, 3.63) is 87.3 Å². The predicted octanol–water partition coefficient (Wildman–Crippen LogP) is 3.01. The number of H-pyrrole nitrogens is 1. The molecule has 2 aromatic carbocycles. The number of rotatable bonds is 3. The normalized spacial score (nSPS) is 11.7. The molecule has 1 heterocycles. The zero-order chi connectivity index (χ0) is 16.4. The summed E-state index contributed by atoms with van der Waals surface area (Å²) in [5.41, 5.74) is 3.54. The molecule has 0 aliphatic heterocycles. The molecule has 0 aliphatic rings. The van der Waals surface area contributed by atoms with E-state index in [1.807, 2.05) is 61.5 Å². The Morgan fingerprint density at radius 1 is 1.04 bits per heavy atom. The lowest BCUT2D eigenvalue weighted by Gasteiger charge is -2.03. The Labute approximate surface area is 133 Å². The number of nitrogens with zero attached hydrogens (tertiary/aromatic N) is 2. The Morgan fingerprint density at radius 2 is 1.70 bits per heavy atom. The average molecular weight is 307 g/mol. The van der Waals surface area contributed by atoms with Gasteiger partial charge in [0.2, 0.25) is 0 Å². The number of nitrogens with one attached hydrogen (secondary N) is 1. The van der Waals surface area contributed by atoms with E-state index in [1.54, 1.807) is 6.92 Å². The first-order valence-corrected chi connectivity index (χ1v) is 7.28. The third-order valence-electron chi connectivity index (χ3n) is 3.75. The van der Waals surface area contributed by atoms with Gasteiger partial charge >= 0.3 is 0 Å². The van der Waals surface area contributed by atoms with Crippen LogP contribution in [-0.4, -0.2) is 20.7 Å². The van der Waals surface area contributed by atoms with E-state index >= 15 is 0 Å². The Hall–Kier alpha value is -3.08. The number of para-hydroxylation sites is 1. The molecule has 23 heavy (non-hydrogen) atoms. The monoisotopic (exact) mass is 307 g/mol. The minimum absolute atomic E-state index is 0.248. The molecule has 0 radical (unpaired) electrons. The van der Waals surface area contributed by atoms with E-state index < -0.39 is 0 Å². The summed E-state index contributed by atoms with van der Waals surface area (Å²) >= 11 is 0. The molecule has 1 aromatic heterocycles. The maximum absolute atomic E-state index is 12.8. The maximum atomic E-state index is 12.8. The highest BCUT2D eigenvalue weighted by molar-refractivity contribution is 6.13. The molecular formula is C18H17N3O2. The lowest BCUT2D eigenvalue weighted by Crippen LogP contribution is -2.21. The van der Waals surface area contributed by atoms with Gasteiger partial charge in [-0.2, -0.15) is 0 Å². The van der Waals surface area contributed by atoms with Gasteiger partial charge in [-0.3, -0.25) is 9.89 Å². The van der Waals surface area contributed by atoms with Gasteiger partial charge in [-0.25, -0.2) is 4.68 Å². The molecule has 0 amide bonds. The molecule has 0 unspecified atom stereocenters. The summed E-state index contributed by atoms with van der Waals surface area (Å²) in [5.74, 6) is 0. The van der Waals surface area contributed by atoms with Crippen molar-refractivity contribution in [3.63, 3.8) is 0 Å². The summed E-state index contributed by atoms with van der Waals surface area (Å²) in [7, 11) is 0. The van der Waals surface area contributed by atoms with Crippen LogP contribution in [0.3, 0.4) is 0 Å². The van der Waals surface area contributed by atoms with Gasteiger partial charge in [0.05, 0.1) is 11.3 Å². The maximum Gasteiger partial charge on any atom is 0.281 e. The van der Waals surface area contributed by atoms with Crippen LogP contribution in [0.15, 0.2) is 64.5 Å². The van der Waals surface area contributed by atoms with Crippen LogP contribution < -0.4 is 5.56 Å². The fourth-order valence-electron chi connectivity index (χ4n) is 2.55. The minimum atomic E-state index is -0.248. The molecule has 5 heteroatoms. The van der Waals surface area contributed by atoms with Crippen molar-refractivity contribution < 1.29 is 5.21 Å². The Morgan fingerprint density at radius 3 is 2.30 bits per heavy atom. The lowest BCUT2D eigenvalue weighted by molar-refractivity contribution is 0.319. The molecule has 0 fully saturated rings. The van der Waals surface area contributed by atoms with E-state index in [1.165, 1.54) is 4.68 Å². The summed E-state index contributed by atoms with van der Waals surface area (Å²) in [4.78, 5) is 12.8. The zero-order valence-electron chi connectivity index (χ0n) is 12.9. The van der Waals surface area contributed by atoms with Gasteiger partial charge in [-0.1, -0.05) is 53.2 Å². The molecule has 3 aromatic rings. The molecule has 0 bridgehead atoms. The van der Waals surface area contributed by atoms with Crippen molar-refractivity contribution in [2.75, 3.05) is 0 Å². The zero-order valence-corrected chi connectivity index (χ0v) is 12.9. The van der Waals surface area contributed by atoms with Crippen LogP contribution in [0.1, 0.15) is 22.4 Å². The van der Waals surface area contributed by atoms with Crippen molar-refractivity contribution in [2.24, 2.45) is 5.16 Å². The van der Waals surface area contributed by atoms with Gasteiger partial charge < -0.3 is 5.21 Å². The van der Waals surface area contributed by atoms with E-state index in [-0.39, 0.29) is 11.3 Å². The second-order valence-electron chi connectivity index (χ2n) is 5.40. The van der Waals surface area contributed by atoms with Crippen molar-refractivity contribution in [1.82, 2.24) is 9.78 Å². The lowest BCUT2D eigenvalue weighted by atomic mass is 10.0. The highest BCUT2D eigenvalue weighted by Gasteiger charge is 2.19. The van der Waals surface area contributed by atoms with Crippen LogP contribution in [-0.2, 0) is 0 Å². The van der Waals surface area contributed by atoms with Crippen LogP contribution in [0, 0.1) is 13.8 Å². The topological polar surface area (TPSA) is 70.4 Å². The molecule has 3 rings (SSSR count). The van der Waals surface area contributed by atoms with Gasteiger partial charge in [0.1, 0.15) is 5.71 Å². The molecule has 0 spiro atoms. The number of hydrogen-bond donors (Lipinski definition) is 2. The van der Waals surface area contributed by atoms with Gasteiger partial charge in [0.15, 0.2) is 0 Å². The summed E-state index contributed by atoms with van der Waals surface area (Å²) in [6.45, 7) is 3.76. The third-order valence-corrected chi connectivity index (χ3v) is 3.75. The number of benzene rings is 2. The van der Waals surface area contributed by atoms with E-state index in [0.717, 1.165) is 11.3 Å². The molecular weight excluding hydrogens is 290 g/mol. The van der Waals surface area contributed by atoms with Crippen LogP contribution >= 0.6 is 0 Å². The predicted molar refractivity (Wildman–Crippen MR) is 89.7 cm³/mol. The second kappa shape index (κ2) is 5.96. The Kier molecular flexibility index (Phi) is 3.85. The first-order valence-electron chi connectivity index (χ1n) is 7.28. The fourth-order valence-corrected chi connectivity index (χ4v) is 2.55. The van der Waals surface area contributed by atoms with Crippen molar-refractivity contribution in [1.29, 1.82) is 0 Å². The SMILES string of the molecule is Cc1ccc(/C(=N\O)c2c(C)[nH]n(-c3ccccc3)c2=O)cc1. The highest BCUT2D eigenvalue weighted by Crippen LogP contribution is 2.13. The number of aryl methyl sites for hydroxylation is 2. The molecule has 0 aliphatic carbocycles. The first-order chi connectivity index (χ1) is 11.1. The number of aromatic nitrogens is 2. The van der Waals surface area contributed by atoms with Crippen molar-refractivity contribution in [2.45, 2.75) is 13.8 Å². The molecule has 0 saturated carbocycles. The van der Waals surface area contributed by atoms with Crippen molar-refractivity contribution >= 4 is 5.71 Å². The molecule has 2 N–H and O–H groups in total. The molecule has 0 saturated heterocycles. The fraction of sp³-hybridized carbons (Fsp3) is 0.111. The van der Waals surface area contributed by atoms with Gasteiger partial charge in [-0.05, 0) is 26.0 Å². The minimum Gasteiger partial charge on any atom is -0.410 e. The number of aromatic amines is 1. The van der Waals surface area contributed by atoms with E-state index in [4.69, 9.17) is 0 Å². The highest BCUT2D eigenvalue weighted by atomic mass is 16.4. The van der Waals surface area contributed by atoms with Gasteiger partial charge in [-0.15, -0.1) is 0 Å². The summed E-state index contributed by atoms with van der Waals surface area (Å²) < 4.78 is 1.45. The van der Waals surface area contributed by atoms with Crippen LogP contribution in [0.2, 0.25) is 0 Å². The summed E-state index contributed by atoms with van der Waals surface area (Å²) in [5, 5.41) is 15.9. The smallest absolute Gasteiger partial charge is 0.281 e. The summed E-state index contributed by atoms with van der Waals surface area (Å²) in [6, 6.07) is 16.8. The largest absolute Gasteiger partial charge is 0.410 e. The number of hydrogen-bond acceptors (Lipinski definition) is 3. The Bertz CT molecular complexity index is 904. The molecule has 5 nitrogen and oxygen atoms in total. The van der Waals surface area contributed by atoms with Gasteiger partial charge in [0, 0.05) is 11.3 Å². The van der Waals surface area contributed by atoms with E-state index in [0.29, 0.717) is 16.8 Å². The average Bonchev–Trinajstić information content (AvgIpc) is 2.86. The third kappa shape index (κ3) is 2.68. The standard InChI is InChI=1S/C18H17N3O2/c1-12-8-10-14(11-9-12)17(20-23)16-13(2)19-21(18(16)22)15-6-4-3-5-7-15/h3-11,19,23H,1-2H3/b20-17+. The summed E-state index contributed by atoms with van der Waals surface area (Å²) in [6.07, 6.45) is 0.